The van der Waals surface area contributed by atoms with E-state index in [-0.39, 0.29) is 16.7 Å². The smallest absolute Gasteiger partial charge is 0.169 e. The summed E-state index contributed by atoms with van der Waals surface area (Å²) in [5.74, 6) is 4.77. The zero-order chi connectivity index (χ0) is 34.0. The molecule has 0 spiro atoms. The van der Waals surface area contributed by atoms with E-state index in [9.17, 15) is 5.21 Å². The van der Waals surface area contributed by atoms with Gasteiger partial charge in [0.05, 0.1) is 49.1 Å². The van der Waals surface area contributed by atoms with Crippen LogP contribution in [0.3, 0.4) is 0 Å². The molecule has 1 unspecified atom stereocenters. The van der Waals surface area contributed by atoms with Crippen molar-refractivity contribution in [1.29, 1.82) is 0 Å². The maximum absolute atomic E-state index is 13.8. The highest BCUT2D eigenvalue weighted by Gasteiger charge is 2.35. The lowest BCUT2D eigenvalue weighted by Crippen LogP contribution is -2.47. The molecule has 2 aliphatic heterocycles. The molecule has 0 N–H and O–H groups in total. The number of hydroxylamine groups is 3. The van der Waals surface area contributed by atoms with Crippen molar-refractivity contribution in [1.82, 2.24) is 4.90 Å². The van der Waals surface area contributed by atoms with Gasteiger partial charge in [0.1, 0.15) is 11.8 Å². The molecular formula is C39H46N2O7. The molecule has 0 amide bonds. The first-order chi connectivity index (χ1) is 23.2. The van der Waals surface area contributed by atoms with Crippen LogP contribution in [0.4, 0.5) is 0 Å². The second kappa shape index (κ2) is 14.0. The SMILES string of the molecule is COc1cc2c(cc1OC)[C@@H](Cc1ccc(Oc3cc(C[C@@H]4c5cc(OC)c(OC)cc5CC[N+]4(C)[O-])ccc3OC)cc1)N(C)CC2. The van der Waals surface area contributed by atoms with Crippen molar-refractivity contribution < 1.29 is 33.1 Å². The van der Waals surface area contributed by atoms with E-state index in [1.807, 2.05) is 42.5 Å². The summed E-state index contributed by atoms with van der Waals surface area (Å²) in [5, 5.41) is 13.8. The van der Waals surface area contributed by atoms with Crippen molar-refractivity contribution in [3.8, 4) is 40.2 Å². The Kier molecular flexibility index (Phi) is 9.73. The van der Waals surface area contributed by atoms with Crippen LogP contribution in [0, 0.1) is 5.21 Å². The van der Waals surface area contributed by atoms with Crippen LogP contribution in [0.25, 0.3) is 0 Å². The summed E-state index contributed by atoms with van der Waals surface area (Å²) in [6.07, 6.45) is 3.05. The molecule has 0 fully saturated rings. The van der Waals surface area contributed by atoms with E-state index in [4.69, 9.17) is 28.4 Å². The number of hydrogen-bond donors (Lipinski definition) is 0. The molecule has 2 aliphatic rings. The predicted octanol–water partition coefficient (Wildman–Crippen LogP) is 7.08. The first-order valence-corrected chi connectivity index (χ1v) is 16.4. The number of nitrogens with zero attached hydrogens (tertiary/aromatic N) is 2. The maximum atomic E-state index is 13.8. The summed E-state index contributed by atoms with van der Waals surface area (Å²) in [5.41, 5.74) is 6.88. The van der Waals surface area contributed by atoms with Crippen molar-refractivity contribution in [2.75, 3.05) is 62.7 Å². The number of likely N-dealkylation sites (N-methyl/N-ethyl adjacent to an activating group) is 2. The number of rotatable bonds is 11. The molecule has 4 aromatic rings. The molecule has 0 saturated heterocycles. The number of quaternary nitrogens is 1. The number of benzene rings is 4. The van der Waals surface area contributed by atoms with Gasteiger partial charge in [-0.25, -0.2) is 0 Å². The van der Waals surface area contributed by atoms with Crippen molar-refractivity contribution in [3.05, 3.63) is 105 Å². The Morgan fingerprint density at radius 1 is 0.646 bits per heavy atom. The highest BCUT2D eigenvalue weighted by atomic mass is 16.5. The first kappa shape index (κ1) is 33.5. The minimum Gasteiger partial charge on any atom is -0.633 e. The van der Waals surface area contributed by atoms with Crippen LogP contribution in [0.2, 0.25) is 0 Å². The molecule has 4 aromatic carbocycles. The van der Waals surface area contributed by atoms with Gasteiger partial charge in [-0.1, -0.05) is 18.2 Å². The second-order valence-electron chi connectivity index (χ2n) is 12.9. The highest BCUT2D eigenvalue weighted by molar-refractivity contribution is 5.52. The Morgan fingerprint density at radius 2 is 1.21 bits per heavy atom. The van der Waals surface area contributed by atoms with Gasteiger partial charge in [-0.15, -0.1) is 0 Å². The molecule has 2 heterocycles. The van der Waals surface area contributed by atoms with Crippen molar-refractivity contribution in [3.63, 3.8) is 0 Å². The molecule has 9 nitrogen and oxygen atoms in total. The van der Waals surface area contributed by atoms with Crippen LogP contribution >= 0.6 is 0 Å². The van der Waals surface area contributed by atoms with Crippen molar-refractivity contribution in [2.45, 2.75) is 37.8 Å². The van der Waals surface area contributed by atoms with E-state index in [1.54, 1.807) is 42.6 Å². The molecule has 9 heteroatoms. The average Bonchev–Trinajstić information content (AvgIpc) is 3.10. The average molecular weight is 655 g/mol. The van der Waals surface area contributed by atoms with Gasteiger partial charge in [-0.3, -0.25) is 4.90 Å². The Hall–Kier alpha value is -4.44. The highest BCUT2D eigenvalue weighted by Crippen LogP contribution is 2.43. The monoisotopic (exact) mass is 654 g/mol. The summed E-state index contributed by atoms with van der Waals surface area (Å²) in [4.78, 5) is 2.40. The molecule has 0 radical (unpaired) electrons. The van der Waals surface area contributed by atoms with E-state index in [0.29, 0.717) is 48.1 Å². The van der Waals surface area contributed by atoms with Crippen LogP contribution in [-0.4, -0.2) is 72.3 Å². The molecule has 0 aliphatic carbocycles. The van der Waals surface area contributed by atoms with E-state index in [0.717, 1.165) is 47.6 Å². The lowest BCUT2D eigenvalue weighted by Gasteiger charge is -2.49. The normalized spacial score (nSPS) is 20.3. The molecule has 254 valence electrons. The van der Waals surface area contributed by atoms with Gasteiger partial charge in [-0.2, -0.15) is 0 Å². The Balaban J connectivity index is 1.22. The third kappa shape index (κ3) is 6.63. The van der Waals surface area contributed by atoms with Gasteiger partial charge in [-0.05, 0) is 96.2 Å². The van der Waals surface area contributed by atoms with E-state index >= 15 is 0 Å². The van der Waals surface area contributed by atoms with Crippen LogP contribution < -0.4 is 28.4 Å². The quantitative estimate of drug-likeness (QED) is 0.125. The zero-order valence-corrected chi connectivity index (χ0v) is 29.0. The van der Waals surface area contributed by atoms with Crippen LogP contribution in [-0.2, 0) is 25.7 Å². The summed E-state index contributed by atoms with van der Waals surface area (Å²) in [7, 11) is 12.2. The molecule has 0 bridgehead atoms. The van der Waals surface area contributed by atoms with Gasteiger partial charge in [0, 0.05) is 31.0 Å². The third-order valence-electron chi connectivity index (χ3n) is 10.00. The Morgan fingerprint density at radius 3 is 1.83 bits per heavy atom. The fourth-order valence-corrected chi connectivity index (χ4v) is 7.17. The Bertz CT molecular complexity index is 1750. The van der Waals surface area contributed by atoms with Crippen LogP contribution in [0.1, 0.15) is 45.5 Å². The van der Waals surface area contributed by atoms with Crippen LogP contribution in [0.15, 0.2) is 66.7 Å². The largest absolute Gasteiger partial charge is 0.633 e. The zero-order valence-electron chi connectivity index (χ0n) is 29.0. The molecule has 0 saturated carbocycles. The van der Waals surface area contributed by atoms with E-state index < -0.39 is 0 Å². The van der Waals surface area contributed by atoms with Gasteiger partial charge in [0.25, 0.3) is 0 Å². The summed E-state index contributed by atoms with van der Waals surface area (Å²) < 4.78 is 34.0. The topological polar surface area (TPSA) is 81.7 Å². The summed E-state index contributed by atoms with van der Waals surface area (Å²) in [6.45, 7) is 1.46. The van der Waals surface area contributed by atoms with Crippen LogP contribution in [0.5, 0.6) is 40.2 Å². The minimum atomic E-state index is -0.368. The van der Waals surface area contributed by atoms with Crippen molar-refractivity contribution >= 4 is 0 Å². The molecule has 0 aromatic heterocycles. The lowest BCUT2D eigenvalue weighted by molar-refractivity contribution is -0.894. The standard InChI is InChI=1S/C39H46N2O7/c1-40-16-14-27-21-35(44-4)37(46-6)23-30(27)32(40)18-25-8-11-29(12-9-25)48-39-20-26(10-13-34(39)43-3)19-33-31-24-38(47-7)36(45-5)22-28(31)15-17-41(33,2)42/h8-13,20-24,32-33H,14-19H2,1-7H3/t32-,33-,41?/m1/s1. The molecule has 48 heavy (non-hydrogen) atoms. The predicted molar refractivity (Wildman–Crippen MR) is 186 cm³/mol. The molecular weight excluding hydrogens is 608 g/mol. The van der Waals surface area contributed by atoms with Gasteiger partial charge in [0.15, 0.2) is 34.5 Å². The van der Waals surface area contributed by atoms with Gasteiger partial charge >= 0.3 is 0 Å². The third-order valence-corrected chi connectivity index (χ3v) is 10.00. The Labute approximate surface area is 283 Å². The minimum absolute atomic E-state index is 0.216. The number of methoxy groups -OCH3 is 5. The lowest BCUT2D eigenvalue weighted by atomic mass is 9.88. The number of hydrogen-bond acceptors (Lipinski definition) is 8. The summed E-state index contributed by atoms with van der Waals surface area (Å²) >= 11 is 0. The van der Waals surface area contributed by atoms with Gasteiger partial charge < -0.3 is 38.3 Å². The van der Waals surface area contributed by atoms with Gasteiger partial charge in [0.2, 0.25) is 0 Å². The molecule has 3 atom stereocenters. The fourth-order valence-electron chi connectivity index (χ4n) is 7.17. The number of ether oxygens (including phenoxy) is 6. The van der Waals surface area contributed by atoms with E-state index in [1.165, 1.54) is 16.7 Å². The van der Waals surface area contributed by atoms with Crippen molar-refractivity contribution in [2.24, 2.45) is 0 Å². The second-order valence-corrected chi connectivity index (χ2v) is 12.9. The maximum Gasteiger partial charge on any atom is 0.169 e. The first-order valence-electron chi connectivity index (χ1n) is 16.4. The summed E-state index contributed by atoms with van der Waals surface area (Å²) in [6, 6.07) is 22.3. The fraction of sp³-hybridized carbons (Fsp3) is 0.385. The van der Waals surface area contributed by atoms with E-state index in [2.05, 4.69) is 36.2 Å². The molecule has 6 rings (SSSR count). The number of fused-ring (bicyclic) bond motifs is 2.